The Morgan fingerprint density at radius 2 is 2.05 bits per heavy atom. The van der Waals surface area contributed by atoms with Gasteiger partial charge in [0, 0.05) is 31.4 Å². The van der Waals surface area contributed by atoms with Crippen LogP contribution in [0.4, 0.5) is 38.0 Å². The number of aliphatic hydroxyl groups is 1. The molecule has 17 heteroatoms. The molecule has 0 radical (unpaired) electrons. The summed E-state index contributed by atoms with van der Waals surface area (Å²) in [6.07, 6.45) is 0.126. The van der Waals surface area contributed by atoms with Crippen molar-refractivity contribution in [2.24, 2.45) is 0 Å². The molecule has 0 bridgehead atoms. The molecule has 4 heterocycles. The number of likely N-dealkylation sites (tertiary alicyclic amines) is 1. The molecule has 1 saturated heterocycles. The lowest BCUT2D eigenvalue weighted by molar-refractivity contribution is -0.137. The maximum atomic E-state index is 14.0. The summed E-state index contributed by atoms with van der Waals surface area (Å²) in [5.41, 5.74) is -1.12. The molecule has 12 nitrogen and oxygen atoms in total. The van der Waals surface area contributed by atoms with E-state index in [4.69, 9.17) is 4.74 Å². The molecule has 1 unspecified atom stereocenters. The molecule has 3 amide bonds. The summed E-state index contributed by atoms with van der Waals surface area (Å²) in [5.74, 6) is -0.870. The third kappa shape index (κ3) is 7.36. The number of fused-ring (bicyclic) bond motifs is 1. The summed E-state index contributed by atoms with van der Waals surface area (Å²) in [5, 5.41) is 23.7. The topological polar surface area (TPSA) is 157 Å². The largest absolute Gasteiger partial charge is 0.416 e. The lowest BCUT2D eigenvalue weighted by Gasteiger charge is -2.22. The highest BCUT2D eigenvalue weighted by Gasteiger charge is 2.31. The van der Waals surface area contributed by atoms with E-state index < -0.39 is 35.4 Å². The average Bonchev–Trinajstić information content (AvgIpc) is 3.72. The average molecular weight is 623 g/mol. The van der Waals surface area contributed by atoms with E-state index in [1.54, 1.807) is 0 Å². The van der Waals surface area contributed by atoms with Crippen molar-refractivity contribution in [1.29, 1.82) is 0 Å². The van der Waals surface area contributed by atoms with E-state index in [0.717, 1.165) is 37.3 Å². The second-order valence-electron chi connectivity index (χ2n) is 9.62. The van der Waals surface area contributed by atoms with E-state index in [1.165, 1.54) is 18.5 Å². The lowest BCUT2D eigenvalue weighted by Crippen LogP contribution is -2.35. The number of H-pyrrole nitrogens is 1. The van der Waals surface area contributed by atoms with Crippen LogP contribution in [0.25, 0.3) is 21.6 Å². The molecule has 1 atom stereocenters. The Labute approximate surface area is 245 Å². The van der Waals surface area contributed by atoms with Crippen LogP contribution in [0.15, 0.2) is 36.7 Å². The van der Waals surface area contributed by atoms with E-state index in [0.29, 0.717) is 52.8 Å². The number of anilines is 2. The van der Waals surface area contributed by atoms with Crippen LogP contribution >= 0.6 is 11.3 Å². The molecule has 1 aliphatic rings. The van der Waals surface area contributed by atoms with Gasteiger partial charge in [-0.15, -0.1) is 0 Å². The van der Waals surface area contributed by atoms with Crippen molar-refractivity contribution in [1.82, 2.24) is 30.4 Å². The fourth-order valence-corrected chi connectivity index (χ4v) is 5.39. The van der Waals surface area contributed by atoms with Gasteiger partial charge in [0.15, 0.2) is 10.8 Å². The molecule has 228 valence electrons. The first-order valence-electron chi connectivity index (χ1n) is 13.2. The van der Waals surface area contributed by atoms with Crippen molar-refractivity contribution in [3.63, 3.8) is 0 Å². The highest BCUT2D eigenvalue weighted by Crippen LogP contribution is 2.34. The summed E-state index contributed by atoms with van der Waals surface area (Å²) < 4.78 is 58.4. The number of nitrogens with zero attached hydrogens (tertiary/aromatic N) is 4. The van der Waals surface area contributed by atoms with Gasteiger partial charge >= 0.3 is 18.3 Å². The molecular weight excluding hydrogens is 596 g/mol. The van der Waals surface area contributed by atoms with Gasteiger partial charge in [-0.2, -0.15) is 18.3 Å². The standard InChI is InChI=1S/C26H26F4N8O4S/c27-17-5-4-14(26(28,29)30)9-18(17)35-23(40)36-24-32-12-21(43-24)19-10-20(16-11-33-37-22(16)34-19)42-25(41)31-6-2-8-38-7-1-3-15(38)13-39/h4-5,9-12,15,39H,1-3,6-8,13H2,(H,31,41)(H,33,34,37)(H2,32,35,36,40). The highest BCUT2D eigenvalue weighted by atomic mass is 32.1. The molecule has 1 aliphatic heterocycles. The van der Waals surface area contributed by atoms with Gasteiger partial charge in [0.2, 0.25) is 0 Å². The van der Waals surface area contributed by atoms with Crippen LogP contribution in [-0.4, -0.2) is 74.6 Å². The van der Waals surface area contributed by atoms with Gasteiger partial charge in [0.1, 0.15) is 11.6 Å². The van der Waals surface area contributed by atoms with Crippen LogP contribution in [-0.2, 0) is 6.18 Å². The van der Waals surface area contributed by atoms with Gasteiger partial charge < -0.3 is 20.5 Å². The van der Waals surface area contributed by atoms with Crippen molar-refractivity contribution in [2.45, 2.75) is 31.5 Å². The van der Waals surface area contributed by atoms with Crippen LogP contribution in [0.2, 0.25) is 0 Å². The van der Waals surface area contributed by atoms with E-state index >= 15 is 0 Å². The fraction of sp³-hybridized carbons (Fsp3) is 0.346. The van der Waals surface area contributed by atoms with E-state index in [1.807, 2.05) is 5.32 Å². The van der Waals surface area contributed by atoms with E-state index in [9.17, 15) is 32.3 Å². The lowest BCUT2D eigenvalue weighted by atomic mass is 10.2. The minimum atomic E-state index is -4.71. The predicted molar refractivity (Wildman–Crippen MR) is 149 cm³/mol. The van der Waals surface area contributed by atoms with Crippen LogP contribution in [0, 0.1) is 5.82 Å². The van der Waals surface area contributed by atoms with Gasteiger partial charge in [0.25, 0.3) is 0 Å². The molecule has 43 heavy (non-hydrogen) atoms. The van der Waals surface area contributed by atoms with Crippen LogP contribution < -0.4 is 20.7 Å². The smallest absolute Gasteiger partial charge is 0.409 e. The number of aliphatic hydroxyl groups excluding tert-OH is 1. The minimum absolute atomic E-state index is 0.0491. The molecule has 0 saturated carbocycles. The highest BCUT2D eigenvalue weighted by molar-refractivity contribution is 7.19. The Bertz CT molecular complexity index is 1610. The van der Waals surface area contributed by atoms with Gasteiger partial charge in [0.05, 0.1) is 40.0 Å². The Hall–Kier alpha value is -4.35. The molecule has 1 fully saturated rings. The molecule has 4 aromatic rings. The Morgan fingerprint density at radius 3 is 2.84 bits per heavy atom. The minimum Gasteiger partial charge on any atom is -0.409 e. The third-order valence-corrected chi connectivity index (χ3v) is 7.64. The number of halogens is 4. The first kappa shape index (κ1) is 30.1. The quantitative estimate of drug-likeness (QED) is 0.131. The van der Waals surface area contributed by atoms with E-state index in [-0.39, 0.29) is 23.5 Å². The predicted octanol–water partition coefficient (Wildman–Crippen LogP) is 4.82. The number of carbonyl (C=O) groups is 2. The number of amides is 3. The number of hydrogen-bond donors (Lipinski definition) is 5. The monoisotopic (exact) mass is 622 g/mol. The number of nitrogens with one attached hydrogen (secondary N) is 4. The Kier molecular flexibility index (Phi) is 9.02. The van der Waals surface area contributed by atoms with Crippen molar-refractivity contribution >= 4 is 45.3 Å². The second kappa shape index (κ2) is 12.9. The number of carbonyl (C=O) groups excluding carboxylic acids is 2. The number of thiazole rings is 1. The van der Waals surface area contributed by atoms with Crippen molar-refractivity contribution in [3.05, 3.63) is 48.0 Å². The molecule has 0 aliphatic carbocycles. The Balaban J connectivity index is 1.21. The van der Waals surface area contributed by atoms with Crippen LogP contribution in [0.3, 0.4) is 0 Å². The first-order chi connectivity index (χ1) is 20.6. The number of rotatable bonds is 9. The number of hydrogen-bond acceptors (Lipinski definition) is 9. The maximum absolute atomic E-state index is 14.0. The van der Waals surface area contributed by atoms with E-state index in [2.05, 4.69) is 35.7 Å². The Morgan fingerprint density at radius 1 is 1.21 bits per heavy atom. The molecule has 5 N–H and O–H groups in total. The molecule has 5 rings (SSSR count). The summed E-state index contributed by atoms with van der Waals surface area (Å²) in [6.45, 7) is 2.15. The van der Waals surface area contributed by atoms with Crippen molar-refractivity contribution in [3.8, 4) is 16.3 Å². The summed E-state index contributed by atoms with van der Waals surface area (Å²) >= 11 is 0.974. The maximum Gasteiger partial charge on any atom is 0.416 e. The number of ether oxygens (including phenoxy) is 1. The number of benzene rings is 1. The summed E-state index contributed by atoms with van der Waals surface area (Å²) in [7, 11) is 0. The molecular formula is C26H26F4N8O4S. The normalized spacial score (nSPS) is 15.5. The zero-order chi connectivity index (χ0) is 30.6. The van der Waals surface area contributed by atoms with Crippen LogP contribution in [0.1, 0.15) is 24.8 Å². The number of aromatic amines is 1. The SMILES string of the molecule is O=C(Nc1ncc(-c2cc(OC(=O)NCCCN3CCCC3CO)c3cn[nH]c3n2)s1)Nc1cc(C(F)(F)F)ccc1F. The van der Waals surface area contributed by atoms with Gasteiger partial charge in [-0.3, -0.25) is 15.3 Å². The molecule has 3 aromatic heterocycles. The van der Waals surface area contributed by atoms with Gasteiger partial charge in [-0.1, -0.05) is 11.3 Å². The van der Waals surface area contributed by atoms with Crippen molar-refractivity contribution < 1.29 is 37.0 Å². The number of aromatic nitrogens is 4. The fourth-order valence-electron chi connectivity index (χ4n) is 4.61. The van der Waals surface area contributed by atoms with Gasteiger partial charge in [-0.05, 0) is 44.0 Å². The van der Waals surface area contributed by atoms with Crippen molar-refractivity contribution in [2.75, 3.05) is 36.9 Å². The van der Waals surface area contributed by atoms with Gasteiger partial charge in [-0.25, -0.2) is 23.9 Å². The number of alkyl halides is 3. The molecule has 0 spiro atoms. The molecule has 1 aromatic carbocycles. The zero-order valence-electron chi connectivity index (χ0n) is 22.4. The second-order valence-corrected chi connectivity index (χ2v) is 10.7. The third-order valence-electron chi connectivity index (χ3n) is 6.71. The first-order valence-corrected chi connectivity index (χ1v) is 14.0. The summed E-state index contributed by atoms with van der Waals surface area (Å²) in [6, 6.07) is 2.32. The summed E-state index contributed by atoms with van der Waals surface area (Å²) in [4.78, 5) is 36.0. The van der Waals surface area contributed by atoms with Crippen LogP contribution in [0.5, 0.6) is 5.75 Å². The zero-order valence-corrected chi connectivity index (χ0v) is 23.2. The number of urea groups is 1. The number of pyridine rings is 1.